The lowest BCUT2D eigenvalue weighted by molar-refractivity contribution is -0.104. The van der Waals surface area contributed by atoms with Crippen molar-refractivity contribution in [3.05, 3.63) is 35.4 Å². The number of carbonyl (C=O) groups is 1. The lowest BCUT2D eigenvalue weighted by atomic mass is 10.1. The van der Waals surface area contributed by atoms with Gasteiger partial charge in [-0.2, -0.15) is 0 Å². The van der Waals surface area contributed by atoms with Crippen molar-refractivity contribution >= 4 is 18.0 Å². The van der Waals surface area contributed by atoms with Crippen molar-refractivity contribution in [3.63, 3.8) is 0 Å². The van der Waals surface area contributed by atoms with E-state index in [2.05, 4.69) is 0 Å². The average molecular weight is 189 g/mol. The third-order valence-corrected chi connectivity index (χ3v) is 1.99. The van der Waals surface area contributed by atoms with Crippen molar-refractivity contribution in [2.24, 2.45) is 0 Å². The Hall–Kier alpha value is -1.57. The molecule has 2 nitrogen and oxygen atoms in total. The maximum Gasteiger partial charge on any atom is 0.145 e. The Morgan fingerprint density at radius 2 is 1.93 bits per heavy atom. The van der Waals surface area contributed by atoms with E-state index < -0.39 is 0 Å². The topological polar surface area (TPSA) is 20.3 Å². The Bertz CT molecular complexity index is 353. The molecule has 0 saturated heterocycles. The fourth-order valence-corrected chi connectivity index (χ4v) is 1.30. The van der Waals surface area contributed by atoms with Crippen LogP contribution in [0.5, 0.6) is 0 Å². The summed E-state index contributed by atoms with van der Waals surface area (Å²) in [5.41, 5.74) is 2.93. The van der Waals surface area contributed by atoms with Crippen molar-refractivity contribution in [1.82, 2.24) is 0 Å². The van der Waals surface area contributed by atoms with Crippen LogP contribution in [0.4, 0.5) is 5.69 Å². The maximum atomic E-state index is 10.5. The fourth-order valence-electron chi connectivity index (χ4n) is 1.30. The highest BCUT2D eigenvalue weighted by atomic mass is 16.1. The Kier molecular flexibility index (Phi) is 3.46. The van der Waals surface area contributed by atoms with E-state index in [1.165, 1.54) is 0 Å². The van der Waals surface area contributed by atoms with Gasteiger partial charge in [-0.25, -0.2) is 0 Å². The normalized spacial score (nSPS) is 11.2. The molecule has 0 fully saturated rings. The standard InChI is InChI=1S/C12H15NO/c1-10(9-14)8-11-6-4-5-7-12(11)13(2)3/h4-9H,1-3H3/b10-8-. The van der Waals surface area contributed by atoms with Crippen molar-refractivity contribution in [3.8, 4) is 0 Å². The summed E-state index contributed by atoms with van der Waals surface area (Å²) in [6.07, 6.45) is 2.76. The molecule has 1 aromatic carbocycles. The minimum atomic E-state index is 0.735. The second-order valence-corrected chi connectivity index (χ2v) is 3.46. The van der Waals surface area contributed by atoms with Crippen LogP contribution in [0.25, 0.3) is 6.08 Å². The van der Waals surface area contributed by atoms with Gasteiger partial charge in [0.05, 0.1) is 0 Å². The number of hydrogen-bond donors (Lipinski definition) is 0. The van der Waals surface area contributed by atoms with Crippen LogP contribution >= 0.6 is 0 Å². The van der Waals surface area contributed by atoms with Crippen LogP contribution < -0.4 is 4.90 Å². The van der Waals surface area contributed by atoms with Crippen LogP contribution in [0.2, 0.25) is 0 Å². The van der Waals surface area contributed by atoms with E-state index in [1.54, 1.807) is 6.92 Å². The molecule has 0 atom stereocenters. The number of aldehydes is 1. The lowest BCUT2D eigenvalue weighted by Gasteiger charge is -2.15. The van der Waals surface area contributed by atoms with Crippen LogP contribution in [0.15, 0.2) is 29.8 Å². The lowest BCUT2D eigenvalue weighted by Crippen LogP contribution is -2.09. The van der Waals surface area contributed by atoms with Crippen molar-refractivity contribution < 1.29 is 4.79 Å². The number of para-hydroxylation sites is 1. The molecule has 0 saturated carbocycles. The maximum absolute atomic E-state index is 10.5. The number of carbonyl (C=O) groups excluding carboxylic acids is 1. The van der Waals surface area contributed by atoms with Crippen LogP contribution in [0.3, 0.4) is 0 Å². The summed E-state index contributed by atoms with van der Waals surface area (Å²) in [7, 11) is 3.98. The van der Waals surface area contributed by atoms with E-state index in [-0.39, 0.29) is 0 Å². The molecule has 0 aromatic heterocycles. The summed E-state index contributed by atoms with van der Waals surface area (Å²) in [5.74, 6) is 0. The highest BCUT2D eigenvalue weighted by Gasteiger charge is 2.00. The van der Waals surface area contributed by atoms with Crippen molar-refractivity contribution in [2.75, 3.05) is 19.0 Å². The molecule has 0 aliphatic rings. The van der Waals surface area contributed by atoms with Gasteiger partial charge in [0.1, 0.15) is 6.29 Å². The van der Waals surface area contributed by atoms with Gasteiger partial charge in [0.25, 0.3) is 0 Å². The van der Waals surface area contributed by atoms with Gasteiger partial charge in [0, 0.05) is 19.8 Å². The van der Waals surface area contributed by atoms with Gasteiger partial charge in [0.15, 0.2) is 0 Å². The number of rotatable bonds is 3. The number of hydrogen-bond acceptors (Lipinski definition) is 2. The Morgan fingerprint density at radius 3 is 2.50 bits per heavy atom. The van der Waals surface area contributed by atoms with E-state index >= 15 is 0 Å². The second kappa shape index (κ2) is 4.61. The molecule has 14 heavy (non-hydrogen) atoms. The van der Waals surface area contributed by atoms with Crippen LogP contribution in [0, 0.1) is 0 Å². The summed E-state index contributed by atoms with van der Waals surface area (Å²) in [6, 6.07) is 7.99. The molecule has 0 N–H and O–H groups in total. The minimum absolute atomic E-state index is 0.735. The molecule has 0 aliphatic carbocycles. The monoisotopic (exact) mass is 189 g/mol. The minimum Gasteiger partial charge on any atom is -0.377 e. The zero-order valence-electron chi connectivity index (χ0n) is 8.82. The summed E-state index contributed by atoms with van der Waals surface area (Å²) in [6.45, 7) is 1.80. The molecule has 74 valence electrons. The molecular weight excluding hydrogens is 174 g/mol. The Balaban J connectivity index is 3.13. The first kappa shape index (κ1) is 10.5. The molecule has 1 rings (SSSR count). The molecule has 2 heteroatoms. The Morgan fingerprint density at radius 1 is 1.29 bits per heavy atom. The van der Waals surface area contributed by atoms with Crippen LogP contribution in [-0.4, -0.2) is 20.4 Å². The predicted octanol–water partition coefficient (Wildman–Crippen LogP) is 2.35. The van der Waals surface area contributed by atoms with Crippen molar-refractivity contribution in [2.45, 2.75) is 6.92 Å². The first-order chi connectivity index (χ1) is 6.65. The summed E-state index contributed by atoms with van der Waals surface area (Å²) in [5, 5.41) is 0. The number of anilines is 1. The highest BCUT2D eigenvalue weighted by molar-refractivity contribution is 5.83. The summed E-state index contributed by atoms with van der Waals surface area (Å²) >= 11 is 0. The zero-order valence-corrected chi connectivity index (χ0v) is 8.82. The van der Waals surface area contributed by atoms with Crippen molar-refractivity contribution in [1.29, 1.82) is 0 Å². The van der Waals surface area contributed by atoms with E-state index in [4.69, 9.17) is 0 Å². The highest BCUT2D eigenvalue weighted by Crippen LogP contribution is 2.20. The van der Waals surface area contributed by atoms with Gasteiger partial charge in [0.2, 0.25) is 0 Å². The molecule has 0 bridgehead atoms. The fraction of sp³-hybridized carbons (Fsp3) is 0.250. The van der Waals surface area contributed by atoms with E-state index in [0.717, 1.165) is 23.1 Å². The number of benzene rings is 1. The molecule has 0 radical (unpaired) electrons. The molecule has 0 aliphatic heterocycles. The van der Waals surface area contributed by atoms with Gasteiger partial charge in [-0.3, -0.25) is 4.79 Å². The molecule has 0 unspecified atom stereocenters. The van der Waals surface area contributed by atoms with E-state index in [9.17, 15) is 4.79 Å². The molecule has 0 heterocycles. The average Bonchev–Trinajstić information content (AvgIpc) is 2.18. The number of nitrogens with zero attached hydrogens (tertiary/aromatic N) is 1. The van der Waals surface area contributed by atoms with Gasteiger partial charge in [-0.1, -0.05) is 18.2 Å². The zero-order chi connectivity index (χ0) is 10.6. The van der Waals surface area contributed by atoms with Gasteiger partial charge < -0.3 is 4.90 Å². The van der Waals surface area contributed by atoms with E-state index in [0.29, 0.717) is 0 Å². The summed E-state index contributed by atoms with van der Waals surface area (Å²) < 4.78 is 0. The predicted molar refractivity (Wildman–Crippen MR) is 60.5 cm³/mol. The van der Waals surface area contributed by atoms with Gasteiger partial charge in [-0.05, 0) is 30.2 Å². The number of allylic oxidation sites excluding steroid dienone is 1. The second-order valence-electron chi connectivity index (χ2n) is 3.46. The Labute approximate surface area is 84.9 Å². The molecule has 0 spiro atoms. The van der Waals surface area contributed by atoms with Gasteiger partial charge in [-0.15, -0.1) is 0 Å². The first-order valence-corrected chi connectivity index (χ1v) is 4.55. The van der Waals surface area contributed by atoms with Crippen LogP contribution in [-0.2, 0) is 4.79 Å². The largest absolute Gasteiger partial charge is 0.377 e. The van der Waals surface area contributed by atoms with Gasteiger partial charge >= 0.3 is 0 Å². The smallest absolute Gasteiger partial charge is 0.145 e. The molecular formula is C12H15NO. The van der Waals surface area contributed by atoms with Crippen LogP contribution in [0.1, 0.15) is 12.5 Å². The summed E-state index contributed by atoms with van der Waals surface area (Å²) in [4.78, 5) is 12.5. The quantitative estimate of drug-likeness (QED) is 0.537. The third kappa shape index (κ3) is 2.46. The first-order valence-electron chi connectivity index (χ1n) is 4.55. The SMILES string of the molecule is C/C(C=O)=C/c1ccccc1N(C)C. The molecule has 0 amide bonds. The third-order valence-electron chi connectivity index (χ3n) is 1.99. The molecule has 1 aromatic rings. The van der Waals surface area contributed by atoms with E-state index in [1.807, 2.05) is 49.3 Å².